The number of halogens is 4. The highest BCUT2D eigenvalue weighted by Crippen LogP contribution is 2.59. The first-order valence-electron chi connectivity index (χ1n) is 13.5. The molecule has 0 aliphatic heterocycles. The summed E-state index contributed by atoms with van der Waals surface area (Å²) in [5.74, 6) is -0.650. The van der Waals surface area contributed by atoms with Crippen LogP contribution < -0.4 is 0 Å². The number of alkyl halides is 3. The van der Waals surface area contributed by atoms with E-state index in [-0.39, 0.29) is 30.1 Å². The van der Waals surface area contributed by atoms with Gasteiger partial charge in [-0.2, -0.15) is 18.3 Å². The van der Waals surface area contributed by atoms with Crippen molar-refractivity contribution in [3.63, 3.8) is 0 Å². The smallest absolute Gasteiger partial charge is 0.376 e. The summed E-state index contributed by atoms with van der Waals surface area (Å²) in [4.78, 5) is 0. The van der Waals surface area contributed by atoms with Crippen LogP contribution in [0.5, 0.6) is 0 Å². The molecular formula is C32H30F4N2O. The van der Waals surface area contributed by atoms with Crippen LogP contribution >= 0.6 is 0 Å². The van der Waals surface area contributed by atoms with Gasteiger partial charge in [0.15, 0.2) is 5.60 Å². The topological polar surface area (TPSA) is 38.1 Å². The van der Waals surface area contributed by atoms with Crippen LogP contribution in [-0.2, 0) is 11.8 Å². The fourth-order valence-corrected chi connectivity index (χ4v) is 6.94. The Morgan fingerprint density at radius 2 is 1.82 bits per heavy atom. The zero-order valence-electron chi connectivity index (χ0n) is 21.7. The third-order valence-corrected chi connectivity index (χ3v) is 9.00. The molecule has 202 valence electrons. The van der Waals surface area contributed by atoms with Gasteiger partial charge in [-0.05, 0) is 103 Å². The second-order valence-corrected chi connectivity index (χ2v) is 11.0. The second-order valence-electron chi connectivity index (χ2n) is 11.0. The van der Waals surface area contributed by atoms with Crippen LogP contribution in [0.25, 0.3) is 22.7 Å². The Balaban J connectivity index is 1.52. The maximum absolute atomic E-state index is 14.5. The van der Waals surface area contributed by atoms with Crippen molar-refractivity contribution in [2.24, 2.45) is 5.92 Å². The first-order valence-corrected chi connectivity index (χ1v) is 13.5. The van der Waals surface area contributed by atoms with E-state index in [0.29, 0.717) is 18.4 Å². The number of aryl methyl sites for hydroxylation is 1. The van der Waals surface area contributed by atoms with E-state index in [4.69, 9.17) is 0 Å². The summed E-state index contributed by atoms with van der Waals surface area (Å²) in [6.07, 6.45) is 1.04. The quantitative estimate of drug-likeness (QED) is 0.271. The molecule has 39 heavy (non-hydrogen) atoms. The Kier molecular flexibility index (Phi) is 6.18. The minimum atomic E-state index is -4.77. The molecule has 0 saturated heterocycles. The Labute approximate surface area is 224 Å². The number of fused-ring (bicyclic) bond motifs is 4. The summed E-state index contributed by atoms with van der Waals surface area (Å²) in [6.45, 7) is 2.05. The normalized spacial score (nSPS) is 26.3. The molecule has 6 rings (SSSR count). The summed E-state index contributed by atoms with van der Waals surface area (Å²) < 4.78 is 58.9. The summed E-state index contributed by atoms with van der Waals surface area (Å²) >= 11 is 0. The van der Waals surface area contributed by atoms with Crippen molar-refractivity contribution in [2.45, 2.75) is 62.6 Å². The first kappa shape index (κ1) is 25.8. The number of nitrogens with zero attached hydrogens (tertiary/aromatic N) is 2. The van der Waals surface area contributed by atoms with Crippen LogP contribution in [0.3, 0.4) is 0 Å². The van der Waals surface area contributed by atoms with Gasteiger partial charge in [0.2, 0.25) is 0 Å². The van der Waals surface area contributed by atoms with Crippen LogP contribution in [0.2, 0.25) is 0 Å². The van der Waals surface area contributed by atoms with Gasteiger partial charge in [-0.25, -0.2) is 9.07 Å². The van der Waals surface area contributed by atoms with Crippen molar-refractivity contribution >= 4 is 17.0 Å². The van der Waals surface area contributed by atoms with E-state index in [1.54, 1.807) is 47.3 Å². The molecule has 3 nitrogen and oxygen atoms in total. The third-order valence-electron chi connectivity index (χ3n) is 9.00. The van der Waals surface area contributed by atoms with Gasteiger partial charge in [-0.1, -0.05) is 43.3 Å². The van der Waals surface area contributed by atoms with E-state index in [1.807, 2.05) is 13.0 Å². The molecule has 1 saturated carbocycles. The van der Waals surface area contributed by atoms with Crippen LogP contribution in [-0.4, -0.2) is 26.7 Å². The molecule has 1 heterocycles. The van der Waals surface area contributed by atoms with Crippen molar-refractivity contribution in [1.82, 2.24) is 9.78 Å². The zero-order valence-corrected chi connectivity index (χ0v) is 21.7. The summed E-state index contributed by atoms with van der Waals surface area (Å²) in [5.41, 5.74) is 1.04. The average Bonchev–Trinajstić information content (AvgIpc) is 3.26. The summed E-state index contributed by atoms with van der Waals surface area (Å²) in [7, 11) is 0. The number of benzene rings is 3. The van der Waals surface area contributed by atoms with Gasteiger partial charge in [0.25, 0.3) is 0 Å². The van der Waals surface area contributed by atoms with Gasteiger partial charge in [0.05, 0.1) is 17.4 Å². The predicted octanol–water partition coefficient (Wildman–Crippen LogP) is 7.94. The van der Waals surface area contributed by atoms with Gasteiger partial charge >= 0.3 is 6.18 Å². The average molecular weight is 535 g/mol. The molecule has 0 bridgehead atoms. The highest BCUT2D eigenvalue weighted by atomic mass is 19.4. The fourth-order valence-electron chi connectivity index (χ4n) is 6.94. The van der Waals surface area contributed by atoms with Gasteiger partial charge in [0.1, 0.15) is 5.82 Å². The van der Waals surface area contributed by atoms with Crippen LogP contribution in [0, 0.1) is 11.7 Å². The maximum atomic E-state index is 14.5. The van der Waals surface area contributed by atoms with Gasteiger partial charge < -0.3 is 5.11 Å². The molecule has 0 spiro atoms. The number of aromatic nitrogens is 2. The van der Waals surface area contributed by atoms with Crippen molar-refractivity contribution < 1.29 is 22.7 Å². The standard InChI is InChI=1S/C32H30F4N2O/c1-2-30-18-25(15-21-7-4-3-5-8-21)31(39,32(34,35)36)19-24(30)10-6-9-22-17-29-23(16-28(22)30)20-37-38(29)27-13-11-26(33)12-14-27/h3-5,7-8,11-17,20,24,39H,2,6,9-10,18-19H2,1H3. The van der Waals surface area contributed by atoms with E-state index in [0.717, 1.165) is 40.6 Å². The Bertz CT molecular complexity index is 1540. The molecule has 0 radical (unpaired) electrons. The highest BCUT2D eigenvalue weighted by Gasteiger charge is 2.63. The molecule has 1 aromatic heterocycles. The van der Waals surface area contributed by atoms with Crippen LogP contribution in [0.1, 0.15) is 55.7 Å². The monoisotopic (exact) mass is 534 g/mol. The minimum absolute atomic E-state index is 0.0225. The first-order chi connectivity index (χ1) is 18.6. The van der Waals surface area contributed by atoms with E-state index in [1.165, 1.54) is 18.2 Å². The lowest BCUT2D eigenvalue weighted by Gasteiger charge is -2.51. The maximum Gasteiger partial charge on any atom is 0.421 e. The Hall–Kier alpha value is -3.45. The molecule has 3 atom stereocenters. The summed E-state index contributed by atoms with van der Waals surface area (Å²) in [5, 5.41) is 16.8. The molecule has 2 aliphatic carbocycles. The van der Waals surface area contributed by atoms with E-state index < -0.39 is 17.2 Å². The van der Waals surface area contributed by atoms with Crippen molar-refractivity contribution in [1.29, 1.82) is 0 Å². The van der Waals surface area contributed by atoms with Crippen molar-refractivity contribution in [3.05, 3.63) is 101 Å². The molecule has 3 unspecified atom stereocenters. The molecular weight excluding hydrogens is 504 g/mol. The lowest BCUT2D eigenvalue weighted by Crippen LogP contribution is -2.56. The van der Waals surface area contributed by atoms with E-state index in [2.05, 4.69) is 17.2 Å². The fraction of sp³-hybridized carbons (Fsp3) is 0.344. The number of aliphatic hydroxyl groups is 1. The Morgan fingerprint density at radius 1 is 1.08 bits per heavy atom. The molecule has 4 aromatic rings. The minimum Gasteiger partial charge on any atom is -0.376 e. The molecule has 1 N–H and O–H groups in total. The lowest BCUT2D eigenvalue weighted by molar-refractivity contribution is -0.258. The van der Waals surface area contributed by atoms with Gasteiger partial charge in [0, 0.05) is 10.8 Å². The second kappa shape index (κ2) is 9.33. The number of rotatable bonds is 3. The Morgan fingerprint density at radius 3 is 2.51 bits per heavy atom. The third kappa shape index (κ3) is 4.18. The zero-order chi connectivity index (χ0) is 27.4. The molecule has 0 amide bonds. The number of hydrogen-bond acceptors (Lipinski definition) is 2. The molecule has 7 heteroatoms. The SMILES string of the molecule is CCC12CC(=Cc3ccccc3)C(O)(C(F)(F)F)CC1CCCc1cc3c(cnn3-c3ccc(F)cc3)cc12. The summed E-state index contributed by atoms with van der Waals surface area (Å²) in [6, 6.07) is 19.3. The lowest BCUT2D eigenvalue weighted by atomic mass is 9.55. The van der Waals surface area contributed by atoms with Crippen LogP contribution in [0.4, 0.5) is 17.6 Å². The van der Waals surface area contributed by atoms with Crippen molar-refractivity contribution in [3.8, 4) is 5.69 Å². The number of hydrogen-bond donors (Lipinski definition) is 1. The molecule has 3 aromatic carbocycles. The van der Waals surface area contributed by atoms with Crippen molar-refractivity contribution in [2.75, 3.05) is 0 Å². The van der Waals surface area contributed by atoms with E-state index >= 15 is 0 Å². The van der Waals surface area contributed by atoms with Crippen LogP contribution in [0.15, 0.2) is 78.5 Å². The van der Waals surface area contributed by atoms with Gasteiger partial charge in [-0.15, -0.1) is 0 Å². The highest BCUT2D eigenvalue weighted by molar-refractivity contribution is 5.83. The molecule has 2 aliphatic rings. The van der Waals surface area contributed by atoms with E-state index in [9.17, 15) is 22.7 Å². The largest absolute Gasteiger partial charge is 0.421 e. The molecule has 1 fully saturated rings. The van der Waals surface area contributed by atoms with Gasteiger partial charge in [-0.3, -0.25) is 0 Å². The predicted molar refractivity (Wildman–Crippen MR) is 144 cm³/mol.